The van der Waals surface area contributed by atoms with E-state index in [4.69, 9.17) is 0 Å². The topological polar surface area (TPSA) is 23.6 Å². The van der Waals surface area contributed by atoms with Crippen LogP contribution in [-0.2, 0) is 4.79 Å². The van der Waals surface area contributed by atoms with Crippen LogP contribution in [0.25, 0.3) is 0 Å². The molecule has 0 radical (unpaired) electrons. The summed E-state index contributed by atoms with van der Waals surface area (Å²) in [6.07, 6.45) is 3.83. The number of nitrogens with zero attached hydrogens (tertiary/aromatic N) is 2. The van der Waals surface area contributed by atoms with E-state index in [9.17, 15) is 4.79 Å². The van der Waals surface area contributed by atoms with E-state index in [1.54, 1.807) is 0 Å². The first-order valence-corrected chi connectivity index (χ1v) is 8.17. The van der Waals surface area contributed by atoms with Crippen molar-refractivity contribution in [2.75, 3.05) is 26.2 Å². The van der Waals surface area contributed by atoms with E-state index in [0.29, 0.717) is 11.8 Å². The van der Waals surface area contributed by atoms with Gasteiger partial charge in [0.05, 0.1) is 0 Å². The summed E-state index contributed by atoms with van der Waals surface area (Å²) in [5.41, 5.74) is 1.70. The van der Waals surface area contributed by atoms with E-state index in [1.165, 1.54) is 5.57 Å². The van der Waals surface area contributed by atoms with Crippen molar-refractivity contribution in [3.8, 4) is 0 Å². The fourth-order valence-corrected chi connectivity index (χ4v) is 2.53. The maximum atomic E-state index is 12.4. The monoisotopic (exact) mass is 294 g/mol. The van der Waals surface area contributed by atoms with Crippen molar-refractivity contribution in [3.05, 3.63) is 11.6 Å². The molecule has 1 heterocycles. The Labute approximate surface area is 131 Å². The van der Waals surface area contributed by atoms with Crippen LogP contribution in [0.2, 0.25) is 0 Å². The molecular weight excluding hydrogens is 260 g/mol. The second kappa shape index (κ2) is 6.95. The van der Waals surface area contributed by atoms with Gasteiger partial charge in [0, 0.05) is 38.1 Å². The van der Waals surface area contributed by atoms with Gasteiger partial charge in [-0.15, -0.1) is 0 Å². The van der Waals surface area contributed by atoms with Gasteiger partial charge in [-0.05, 0) is 39.5 Å². The lowest BCUT2D eigenvalue weighted by Gasteiger charge is -2.42. The van der Waals surface area contributed by atoms with Crippen LogP contribution in [0, 0.1) is 5.41 Å². The predicted molar refractivity (Wildman–Crippen MR) is 90.4 cm³/mol. The van der Waals surface area contributed by atoms with Gasteiger partial charge in [-0.2, -0.15) is 0 Å². The average Bonchev–Trinajstić information content (AvgIpc) is 2.34. The van der Waals surface area contributed by atoms with Gasteiger partial charge >= 0.3 is 0 Å². The smallest absolute Gasteiger partial charge is 0.226 e. The zero-order valence-electron chi connectivity index (χ0n) is 15.1. The van der Waals surface area contributed by atoms with Crippen LogP contribution in [0.1, 0.15) is 61.3 Å². The normalized spacial score (nSPS) is 19.0. The van der Waals surface area contributed by atoms with Crippen molar-refractivity contribution in [3.63, 3.8) is 0 Å². The Balaban J connectivity index is 2.44. The van der Waals surface area contributed by atoms with E-state index in [1.807, 2.05) is 4.90 Å². The van der Waals surface area contributed by atoms with Gasteiger partial charge < -0.3 is 4.90 Å². The van der Waals surface area contributed by atoms with Crippen molar-refractivity contribution in [2.24, 2.45) is 5.41 Å². The maximum absolute atomic E-state index is 12.4. The number of allylic oxidation sites excluding steroid dienone is 1. The minimum absolute atomic E-state index is 0.206. The first kappa shape index (κ1) is 18.2. The van der Waals surface area contributed by atoms with Crippen molar-refractivity contribution in [2.45, 2.75) is 66.8 Å². The number of carbonyl (C=O) groups excluding carboxylic acids is 1. The lowest BCUT2D eigenvalue weighted by atomic mass is 9.91. The van der Waals surface area contributed by atoms with Crippen molar-refractivity contribution >= 4 is 5.91 Å². The molecule has 0 unspecified atom stereocenters. The average molecular weight is 294 g/mol. The quantitative estimate of drug-likeness (QED) is 0.741. The summed E-state index contributed by atoms with van der Waals surface area (Å²) in [7, 11) is 0. The predicted octanol–water partition coefficient (Wildman–Crippen LogP) is 3.70. The highest BCUT2D eigenvalue weighted by Crippen LogP contribution is 2.21. The van der Waals surface area contributed by atoms with Crippen LogP contribution < -0.4 is 0 Å². The Morgan fingerprint density at radius 1 is 1.00 bits per heavy atom. The second-order valence-electron chi connectivity index (χ2n) is 8.53. The Morgan fingerprint density at radius 2 is 1.52 bits per heavy atom. The highest BCUT2D eigenvalue weighted by molar-refractivity contribution is 5.78. The minimum atomic E-state index is 0.206. The first-order valence-electron chi connectivity index (χ1n) is 8.17. The lowest BCUT2D eigenvalue weighted by molar-refractivity contribution is -0.133. The molecule has 0 atom stereocenters. The van der Waals surface area contributed by atoms with Gasteiger partial charge in [-0.1, -0.05) is 32.4 Å². The van der Waals surface area contributed by atoms with Crippen molar-refractivity contribution < 1.29 is 4.79 Å². The van der Waals surface area contributed by atoms with Crippen LogP contribution >= 0.6 is 0 Å². The van der Waals surface area contributed by atoms with Crippen LogP contribution in [0.5, 0.6) is 0 Å². The third-order valence-corrected chi connectivity index (χ3v) is 4.07. The molecule has 0 spiro atoms. The Hall–Kier alpha value is -0.830. The molecule has 1 aliphatic rings. The number of hydrogen-bond donors (Lipinski definition) is 0. The largest absolute Gasteiger partial charge is 0.340 e. The third kappa shape index (κ3) is 6.64. The van der Waals surface area contributed by atoms with Gasteiger partial charge in [-0.3, -0.25) is 9.69 Å². The zero-order chi connectivity index (χ0) is 16.3. The van der Waals surface area contributed by atoms with Gasteiger partial charge in [0.15, 0.2) is 0 Å². The number of amides is 1. The van der Waals surface area contributed by atoms with E-state index in [-0.39, 0.29) is 11.4 Å². The second-order valence-corrected chi connectivity index (χ2v) is 8.53. The highest BCUT2D eigenvalue weighted by atomic mass is 16.2. The summed E-state index contributed by atoms with van der Waals surface area (Å²) >= 11 is 0. The number of rotatable bonds is 3. The molecule has 122 valence electrons. The summed E-state index contributed by atoms with van der Waals surface area (Å²) < 4.78 is 0. The molecule has 0 aromatic heterocycles. The highest BCUT2D eigenvalue weighted by Gasteiger charge is 2.27. The van der Waals surface area contributed by atoms with Crippen molar-refractivity contribution in [1.29, 1.82) is 0 Å². The Bertz CT molecular complexity index is 377. The molecule has 3 nitrogen and oxygen atoms in total. The molecule has 0 saturated carbocycles. The van der Waals surface area contributed by atoms with Crippen LogP contribution in [0.15, 0.2) is 11.6 Å². The summed E-state index contributed by atoms with van der Waals surface area (Å²) in [6.45, 7) is 19.2. The van der Waals surface area contributed by atoms with E-state index < -0.39 is 0 Å². The molecule has 0 N–H and O–H groups in total. The number of hydrogen-bond acceptors (Lipinski definition) is 2. The van der Waals surface area contributed by atoms with E-state index in [2.05, 4.69) is 59.4 Å². The SMILES string of the molecule is C/C(=C\CC(C)(C)C)CC(=O)N1CCN(C(C)(C)C)CC1. The fraction of sp³-hybridized carbons (Fsp3) is 0.833. The molecule has 0 aliphatic carbocycles. The standard InChI is InChI=1S/C18H34N2O/c1-15(8-9-17(2,3)4)14-16(21)19-10-12-20(13-11-19)18(5,6)7/h8H,9-14H2,1-7H3/b15-8+. The Kier molecular flexibility index (Phi) is 6.03. The first-order chi connectivity index (χ1) is 9.49. The molecular formula is C18H34N2O. The Morgan fingerprint density at radius 3 is 1.95 bits per heavy atom. The van der Waals surface area contributed by atoms with E-state index >= 15 is 0 Å². The van der Waals surface area contributed by atoms with Gasteiger partial charge in [-0.25, -0.2) is 0 Å². The molecule has 1 aliphatic heterocycles. The van der Waals surface area contributed by atoms with Gasteiger partial charge in [0.1, 0.15) is 0 Å². The third-order valence-electron chi connectivity index (χ3n) is 4.07. The summed E-state index contributed by atoms with van der Waals surface area (Å²) in [6, 6.07) is 0. The van der Waals surface area contributed by atoms with Crippen LogP contribution in [-0.4, -0.2) is 47.4 Å². The molecule has 0 aromatic carbocycles. The molecule has 0 bridgehead atoms. The lowest BCUT2D eigenvalue weighted by Crippen LogP contribution is -2.54. The molecule has 21 heavy (non-hydrogen) atoms. The maximum Gasteiger partial charge on any atom is 0.226 e. The van der Waals surface area contributed by atoms with Gasteiger partial charge in [0.2, 0.25) is 5.91 Å². The summed E-state index contributed by atoms with van der Waals surface area (Å²) in [5, 5.41) is 0. The molecule has 1 rings (SSSR count). The van der Waals surface area contributed by atoms with Crippen LogP contribution in [0.4, 0.5) is 0 Å². The summed E-state index contributed by atoms with van der Waals surface area (Å²) in [4.78, 5) is 16.8. The van der Waals surface area contributed by atoms with Gasteiger partial charge in [0.25, 0.3) is 0 Å². The molecule has 1 fully saturated rings. The van der Waals surface area contributed by atoms with Crippen LogP contribution in [0.3, 0.4) is 0 Å². The van der Waals surface area contributed by atoms with Crippen molar-refractivity contribution in [1.82, 2.24) is 9.80 Å². The number of carbonyl (C=O) groups is 1. The molecule has 3 heteroatoms. The molecule has 1 amide bonds. The minimum Gasteiger partial charge on any atom is -0.340 e. The zero-order valence-corrected chi connectivity index (χ0v) is 15.1. The summed E-state index contributed by atoms with van der Waals surface area (Å²) in [5.74, 6) is 0.284. The molecule has 0 aromatic rings. The molecule has 1 saturated heterocycles. The number of piperazine rings is 1. The fourth-order valence-electron chi connectivity index (χ4n) is 2.53. The van der Waals surface area contributed by atoms with E-state index in [0.717, 1.165) is 32.6 Å².